The fraction of sp³-hybridized carbons (Fsp3) is 0.648. The van der Waals surface area contributed by atoms with Crippen LogP contribution < -0.4 is 0 Å². The number of rotatable bonds is 42. The van der Waals surface area contributed by atoms with E-state index >= 15 is 0 Å². The maximum atomic E-state index is 12.7. The second-order valence-electron chi connectivity index (χ2n) is 15.6. The van der Waals surface area contributed by atoms with Gasteiger partial charge >= 0.3 is 17.9 Å². The molecule has 0 amide bonds. The van der Waals surface area contributed by atoms with Crippen LogP contribution in [0.25, 0.3) is 0 Å². The van der Waals surface area contributed by atoms with Gasteiger partial charge in [-0.05, 0) is 96.3 Å². The van der Waals surface area contributed by atoms with Crippen molar-refractivity contribution in [3.63, 3.8) is 0 Å². The molecule has 0 radical (unpaired) electrons. The summed E-state index contributed by atoms with van der Waals surface area (Å²) in [4.78, 5) is 37.8. The van der Waals surface area contributed by atoms with Gasteiger partial charge in [-0.15, -0.1) is 0 Å². The minimum atomic E-state index is -0.837. The maximum Gasteiger partial charge on any atom is 0.310 e. The van der Waals surface area contributed by atoms with Crippen molar-refractivity contribution < 1.29 is 28.6 Å². The van der Waals surface area contributed by atoms with Gasteiger partial charge in [-0.1, -0.05) is 189 Å². The molecule has 0 heterocycles. The first-order chi connectivity index (χ1) is 29.5. The van der Waals surface area contributed by atoms with Crippen molar-refractivity contribution in [1.82, 2.24) is 0 Å². The highest BCUT2D eigenvalue weighted by Gasteiger charge is 2.19. The highest BCUT2D eigenvalue weighted by atomic mass is 16.6. The Balaban J connectivity index is 4.51. The molecular weight excluding hydrogens is 745 g/mol. The van der Waals surface area contributed by atoms with Crippen molar-refractivity contribution in [3.05, 3.63) is 97.2 Å². The van der Waals surface area contributed by atoms with Gasteiger partial charge in [0.1, 0.15) is 13.2 Å². The first kappa shape index (κ1) is 56.3. The molecule has 340 valence electrons. The van der Waals surface area contributed by atoms with E-state index in [2.05, 4.69) is 106 Å². The number of esters is 3. The topological polar surface area (TPSA) is 78.9 Å². The first-order valence-electron chi connectivity index (χ1n) is 24.2. The van der Waals surface area contributed by atoms with Gasteiger partial charge in [0.15, 0.2) is 6.10 Å². The van der Waals surface area contributed by atoms with Crippen LogP contribution in [0.3, 0.4) is 0 Å². The zero-order chi connectivity index (χ0) is 43.7. The van der Waals surface area contributed by atoms with Gasteiger partial charge in [0.25, 0.3) is 0 Å². The summed E-state index contributed by atoms with van der Waals surface area (Å²) in [5.41, 5.74) is 0. The molecular formula is C54H88O6. The maximum absolute atomic E-state index is 12.7. The molecule has 0 saturated carbocycles. The van der Waals surface area contributed by atoms with Crippen molar-refractivity contribution in [2.75, 3.05) is 13.2 Å². The number of unbranched alkanes of at least 4 members (excludes halogenated alkanes) is 16. The minimum absolute atomic E-state index is 0.0911. The van der Waals surface area contributed by atoms with Crippen LogP contribution in [0.1, 0.15) is 207 Å². The Labute approximate surface area is 368 Å². The molecule has 0 N–H and O–H groups in total. The molecule has 6 nitrogen and oxygen atoms in total. The molecule has 0 fully saturated rings. The smallest absolute Gasteiger partial charge is 0.310 e. The first-order valence-corrected chi connectivity index (χ1v) is 24.2. The normalized spacial score (nSPS) is 12.9. The van der Waals surface area contributed by atoms with E-state index in [0.29, 0.717) is 19.3 Å². The zero-order valence-corrected chi connectivity index (χ0v) is 38.7. The molecule has 0 aliphatic heterocycles. The summed E-state index contributed by atoms with van der Waals surface area (Å²) in [7, 11) is 0. The Morgan fingerprint density at radius 3 is 1.18 bits per heavy atom. The lowest BCUT2D eigenvalue weighted by atomic mass is 10.1. The van der Waals surface area contributed by atoms with Crippen LogP contribution in [-0.4, -0.2) is 37.2 Å². The van der Waals surface area contributed by atoms with E-state index in [0.717, 1.165) is 96.3 Å². The van der Waals surface area contributed by atoms with Crippen molar-refractivity contribution in [2.24, 2.45) is 0 Å². The molecule has 6 heteroatoms. The van der Waals surface area contributed by atoms with Crippen LogP contribution in [0.5, 0.6) is 0 Å². The summed E-state index contributed by atoms with van der Waals surface area (Å²) in [6.45, 7) is 6.32. The van der Waals surface area contributed by atoms with Crippen LogP contribution in [0.2, 0.25) is 0 Å². The number of carbonyl (C=O) groups is 3. The Kier molecular flexibility index (Phi) is 45.1. The van der Waals surface area contributed by atoms with E-state index < -0.39 is 12.1 Å². The van der Waals surface area contributed by atoms with E-state index in [9.17, 15) is 14.4 Å². The van der Waals surface area contributed by atoms with Gasteiger partial charge in [-0.25, -0.2) is 0 Å². The van der Waals surface area contributed by atoms with Gasteiger partial charge in [-0.2, -0.15) is 0 Å². The fourth-order valence-corrected chi connectivity index (χ4v) is 6.20. The third-order valence-corrected chi connectivity index (χ3v) is 9.81. The van der Waals surface area contributed by atoms with Crippen molar-refractivity contribution in [2.45, 2.75) is 213 Å². The number of allylic oxidation sites excluding steroid dienone is 15. The highest BCUT2D eigenvalue weighted by molar-refractivity contribution is 5.72. The average Bonchev–Trinajstić information content (AvgIpc) is 3.24. The molecule has 0 saturated heterocycles. The lowest BCUT2D eigenvalue weighted by Crippen LogP contribution is -2.30. The molecule has 1 unspecified atom stereocenters. The molecule has 0 spiro atoms. The van der Waals surface area contributed by atoms with Gasteiger partial charge in [0, 0.05) is 12.8 Å². The van der Waals surface area contributed by atoms with E-state index in [1.807, 2.05) is 6.08 Å². The molecule has 0 bridgehead atoms. The summed E-state index contributed by atoms with van der Waals surface area (Å²) in [6.07, 6.45) is 62.7. The molecule has 0 aromatic heterocycles. The van der Waals surface area contributed by atoms with Gasteiger partial charge in [0.2, 0.25) is 0 Å². The van der Waals surface area contributed by atoms with E-state index in [1.54, 1.807) is 6.08 Å². The standard InChI is InChI=1S/C54H88O6/c1-4-7-10-13-16-19-22-24-26-27-29-30-32-35-38-41-44-47-53(56)59-50-51(49-58-52(55)46-43-40-37-34-21-18-15-12-9-6-3)60-54(57)48-45-42-39-36-33-31-28-25-23-20-17-14-11-8-5-2/h8,11-12,15-17,19-20,24-26,28,33,36,42,45,51H,4-7,9-10,13-14,18,21-23,27,29-32,34-35,37-41,43-44,46-50H2,1-3H3/b11-8-,15-12-,19-16-,20-17-,26-24-,28-25-,36-33-,45-42-. The predicted molar refractivity (Wildman–Crippen MR) is 256 cm³/mol. The molecule has 0 aliphatic rings. The molecule has 1 atom stereocenters. The fourth-order valence-electron chi connectivity index (χ4n) is 6.20. The number of carbonyl (C=O) groups excluding carboxylic acids is 3. The minimum Gasteiger partial charge on any atom is -0.462 e. The van der Waals surface area contributed by atoms with Crippen molar-refractivity contribution >= 4 is 17.9 Å². The Hall–Kier alpha value is -3.67. The Morgan fingerprint density at radius 2 is 0.733 bits per heavy atom. The van der Waals surface area contributed by atoms with Crippen LogP contribution in [-0.2, 0) is 28.6 Å². The second-order valence-corrected chi connectivity index (χ2v) is 15.6. The lowest BCUT2D eigenvalue weighted by molar-refractivity contribution is -0.166. The zero-order valence-electron chi connectivity index (χ0n) is 38.7. The van der Waals surface area contributed by atoms with Gasteiger partial charge < -0.3 is 14.2 Å². The predicted octanol–water partition coefficient (Wildman–Crippen LogP) is 15.8. The number of hydrogen-bond acceptors (Lipinski definition) is 6. The van der Waals surface area contributed by atoms with Crippen LogP contribution >= 0.6 is 0 Å². The van der Waals surface area contributed by atoms with Crippen LogP contribution in [0.4, 0.5) is 0 Å². The van der Waals surface area contributed by atoms with E-state index in [1.165, 1.54) is 64.2 Å². The molecule has 0 aromatic rings. The van der Waals surface area contributed by atoms with Crippen LogP contribution in [0.15, 0.2) is 97.2 Å². The summed E-state index contributed by atoms with van der Waals surface area (Å²) in [6, 6.07) is 0. The summed E-state index contributed by atoms with van der Waals surface area (Å²) >= 11 is 0. The number of ether oxygens (including phenoxy) is 3. The van der Waals surface area contributed by atoms with E-state index in [-0.39, 0.29) is 31.6 Å². The Morgan fingerprint density at radius 1 is 0.367 bits per heavy atom. The highest BCUT2D eigenvalue weighted by Crippen LogP contribution is 2.12. The number of hydrogen-bond donors (Lipinski definition) is 0. The summed E-state index contributed by atoms with van der Waals surface area (Å²) < 4.78 is 16.6. The quantitative estimate of drug-likeness (QED) is 0.0264. The van der Waals surface area contributed by atoms with Crippen LogP contribution in [0, 0.1) is 0 Å². The Bertz CT molecular complexity index is 1230. The summed E-state index contributed by atoms with van der Waals surface area (Å²) in [5, 5.41) is 0. The average molecular weight is 833 g/mol. The summed E-state index contributed by atoms with van der Waals surface area (Å²) in [5.74, 6) is -1.08. The van der Waals surface area contributed by atoms with Gasteiger partial charge in [0.05, 0.1) is 6.42 Å². The SMILES string of the molecule is CC/C=C\C/C=C\C/C=C\C/C=C\C/C=C\CC(=O)OC(COC(=O)CCCCCCC/C=C\CCC)COC(=O)CCCCCCCCC/C=C\C/C=C\CCCCC. The van der Waals surface area contributed by atoms with Crippen molar-refractivity contribution in [3.8, 4) is 0 Å². The molecule has 0 aliphatic carbocycles. The van der Waals surface area contributed by atoms with Crippen molar-refractivity contribution in [1.29, 1.82) is 0 Å². The largest absolute Gasteiger partial charge is 0.462 e. The monoisotopic (exact) mass is 833 g/mol. The second kappa shape index (κ2) is 48.0. The third-order valence-electron chi connectivity index (χ3n) is 9.81. The molecule has 60 heavy (non-hydrogen) atoms. The lowest BCUT2D eigenvalue weighted by Gasteiger charge is -2.18. The molecule has 0 aromatic carbocycles. The molecule has 0 rings (SSSR count). The van der Waals surface area contributed by atoms with Gasteiger partial charge in [-0.3, -0.25) is 14.4 Å². The third kappa shape index (κ3) is 45.4. The van der Waals surface area contributed by atoms with E-state index in [4.69, 9.17) is 14.2 Å².